The fraction of sp³-hybridized carbons (Fsp3) is 0.394. The number of anilines is 1. The number of hydrogen-bond acceptors (Lipinski definition) is 8. The van der Waals surface area contributed by atoms with Crippen molar-refractivity contribution in [2.75, 3.05) is 5.32 Å². The zero-order chi connectivity index (χ0) is 31.2. The van der Waals surface area contributed by atoms with E-state index in [2.05, 4.69) is 27.8 Å². The molecule has 4 rings (SSSR count). The molecule has 0 saturated carbocycles. The van der Waals surface area contributed by atoms with Gasteiger partial charge in [0, 0.05) is 6.07 Å². The first-order valence-electron chi connectivity index (χ1n) is 14.2. The lowest BCUT2D eigenvalue weighted by atomic mass is 9.97. The van der Waals surface area contributed by atoms with E-state index in [4.69, 9.17) is 18.9 Å². The van der Waals surface area contributed by atoms with Crippen LogP contribution in [0.5, 0.6) is 17.4 Å². The van der Waals surface area contributed by atoms with Gasteiger partial charge in [-0.25, -0.2) is 14.6 Å². The van der Waals surface area contributed by atoms with Crippen LogP contribution in [0.15, 0.2) is 66.9 Å². The van der Waals surface area contributed by atoms with Crippen molar-refractivity contribution in [3.63, 3.8) is 0 Å². The minimum absolute atomic E-state index is 0.0254. The van der Waals surface area contributed by atoms with Crippen LogP contribution in [0.2, 0.25) is 0 Å². The van der Waals surface area contributed by atoms with Crippen molar-refractivity contribution in [2.24, 2.45) is 0 Å². The monoisotopic (exact) mass is 589 g/mol. The number of benzene rings is 2. The van der Waals surface area contributed by atoms with Gasteiger partial charge in [-0.3, -0.25) is 4.79 Å². The number of hydrogen-bond donors (Lipinski definition) is 2. The second kappa shape index (κ2) is 13.1. The van der Waals surface area contributed by atoms with Gasteiger partial charge in [-0.05, 0) is 89.8 Å². The molecule has 2 amide bonds. The lowest BCUT2D eigenvalue weighted by molar-refractivity contribution is -0.158. The molecular weight excluding hydrogens is 550 g/mol. The Morgan fingerprint density at radius 2 is 1.67 bits per heavy atom. The van der Waals surface area contributed by atoms with Crippen molar-refractivity contribution >= 4 is 23.7 Å². The highest BCUT2D eigenvalue weighted by Gasteiger charge is 2.30. The van der Waals surface area contributed by atoms with E-state index < -0.39 is 35.2 Å². The number of carbonyl (C=O) groups excluding carboxylic acids is 3. The normalized spacial score (nSPS) is 15.3. The summed E-state index contributed by atoms with van der Waals surface area (Å²) in [6, 6.07) is 17.9. The highest BCUT2D eigenvalue weighted by atomic mass is 16.6. The molecule has 2 heterocycles. The molecule has 10 heteroatoms. The summed E-state index contributed by atoms with van der Waals surface area (Å²) in [6.45, 7) is 10.2. The number of pyridine rings is 1. The summed E-state index contributed by atoms with van der Waals surface area (Å²) in [5.74, 6) is 0.532. The molecular formula is C33H39N3O7. The molecule has 43 heavy (non-hydrogen) atoms. The van der Waals surface area contributed by atoms with Crippen molar-refractivity contribution in [1.82, 2.24) is 10.3 Å². The maximum atomic E-state index is 12.8. The molecule has 0 spiro atoms. The van der Waals surface area contributed by atoms with Crippen LogP contribution < -0.4 is 20.1 Å². The molecule has 228 valence electrons. The Hall–Kier alpha value is -4.60. The minimum Gasteiger partial charge on any atom is -0.485 e. The Kier molecular flexibility index (Phi) is 9.58. The number of ether oxygens (including phenoxy) is 4. The summed E-state index contributed by atoms with van der Waals surface area (Å²) in [5.41, 5.74) is 1.02. The van der Waals surface area contributed by atoms with Gasteiger partial charge in [0.1, 0.15) is 34.8 Å². The van der Waals surface area contributed by atoms with E-state index in [-0.39, 0.29) is 12.5 Å². The van der Waals surface area contributed by atoms with Crippen molar-refractivity contribution in [3.05, 3.63) is 78.0 Å². The van der Waals surface area contributed by atoms with E-state index in [1.54, 1.807) is 53.7 Å². The van der Waals surface area contributed by atoms with E-state index in [0.29, 0.717) is 17.3 Å². The number of nitrogens with zero attached hydrogens (tertiary/aromatic N) is 1. The van der Waals surface area contributed by atoms with Gasteiger partial charge in [0.05, 0.1) is 18.3 Å². The number of esters is 1. The van der Waals surface area contributed by atoms with Gasteiger partial charge in [0.2, 0.25) is 11.8 Å². The molecule has 1 aromatic heterocycles. The van der Waals surface area contributed by atoms with Gasteiger partial charge < -0.3 is 29.6 Å². The third kappa shape index (κ3) is 9.73. The fourth-order valence-electron chi connectivity index (χ4n) is 4.38. The molecule has 1 unspecified atom stereocenters. The van der Waals surface area contributed by atoms with E-state index in [9.17, 15) is 14.4 Å². The average Bonchev–Trinajstić information content (AvgIpc) is 2.92. The Balaban J connectivity index is 1.34. The second-order valence-electron chi connectivity index (χ2n) is 12.3. The van der Waals surface area contributed by atoms with Crippen LogP contribution in [0, 0.1) is 0 Å². The SMILES string of the molecule is CC(C)(C)OC(=O)NC(CC(=O)Nc1ccc(Oc2ccc3c(c2)CC[C@@H](c2ccccc2)O3)nc1)C(=O)OC(C)(C)C. The number of fused-ring (bicyclic) bond motifs is 1. The first-order valence-corrected chi connectivity index (χ1v) is 14.2. The average molecular weight is 590 g/mol. The summed E-state index contributed by atoms with van der Waals surface area (Å²) in [7, 11) is 0. The zero-order valence-electron chi connectivity index (χ0n) is 25.4. The van der Waals surface area contributed by atoms with Gasteiger partial charge >= 0.3 is 12.1 Å². The van der Waals surface area contributed by atoms with Gasteiger partial charge in [0.15, 0.2) is 0 Å². The molecule has 0 saturated heterocycles. The summed E-state index contributed by atoms with van der Waals surface area (Å²) in [5, 5.41) is 5.13. The zero-order valence-corrected chi connectivity index (χ0v) is 25.4. The minimum atomic E-state index is -1.25. The number of aromatic nitrogens is 1. The van der Waals surface area contributed by atoms with Gasteiger partial charge in [-0.2, -0.15) is 0 Å². The fourth-order valence-corrected chi connectivity index (χ4v) is 4.38. The van der Waals surface area contributed by atoms with E-state index in [1.807, 2.05) is 36.4 Å². The largest absolute Gasteiger partial charge is 0.485 e. The number of nitrogens with one attached hydrogen (secondary N) is 2. The van der Waals surface area contributed by atoms with Gasteiger partial charge in [-0.1, -0.05) is 30.3 Å². The summed E-state index contributed by atoms with van der Waals surface area (Å²) in [4.78, 5) is 42.1. The Bertz CT molecular complexity index is 1430. The lowest BCUT2D eigenvalue weighted by Gasteiger charge is -2.26. The number of rotatable bonds is 8. The topological polar surface area (TPSA) is 125 Å². The molecule has 2 N–H and O–H groups in total. The molecule has 0 fully saturated rings. The van der Waals surface area contributed by atoms with Gasteiger partial charge in [-0.15, -0.1) is 0 Å². The van der Waals surface area contributed by atoms with E-state index in [1.165, 1.54) is 6.20 Å². The third-order valence-electron chi connectivity index (χ3n) is 6.16. The van der Waals surface area contributed by atoms with Crippen LogP contribution >= 0.6 is 0 Å². The molecule has 1 aliphatic heterocycles. The summed E-state index contributed by atoms with van der Waals surface area (Å²) >= 11 is 0. The van der Waals surface area contributed by atoms with Gasteiger partial charge in [0.25, 0.3) is 0 Å². The van der Waals surface area contributed by atoms with Crippen LogP contribution in [0.4, 0.5) is 10.5 Å². The number of carbonyl (C=O) groups is 3. The second-order valence-corrected chi connectivity index (χ2v) is 12.3. The first kappa shape index (κ1) is 31.3. The van der Waals surface area contributed by atoms with Crippen molar-refractivity contribution < 1.29 is 33.3 Å². The molecule has 0 bridgehead atoms. The Morgan fingerprint density at radius 1 is 0.953 bits per heavy atom. The van der Waals surface area contributed by atoms with Crippen molar-refractivity contribution in [2.45, 2.75) is 84.2 Å². The molecule has 0 radical (unpaired) electrons. The van der Waals surface area contributed by atoms with Crippen LogP contribution in [-0.4, -0.2) is 40.2 Å². The van der Waals surface area contributed by atoms with Crippen LogP contribution in [0.25, 0.3) is 0 Å². The maximum absolute atomic E-state index is 12.8. The molecule has 3 aromatic rings. The molecule has 0 aliphatic carbocycles. The maximum Gasteiger partial charge on any atom is 0.408 e. The smallest absolute Gasteiger partial charge is 0.408 e. The highest BCUT2D eigenvalue weighted by molar-refractivity contribution is 5.95. The standard InChI is InChI=1S/C33H39N3O7/c1-32(2,3)42-30(38)25(36-31(39)43-33(4,5)6)19-28(37)35-23-13-17-29(34-20-23)40-24-14-16-27-22(18-24)12-15-26(41-27)21-10-8-7-9-11-21/h7-11,13-14,16-18,20,25-26H,12,15,19H2,1-6H3,(H,35,37)(H,36,39)/t25?,26-/m0/s1. The van der Waals surface area contributed by atoms with Crippen molar-refractivity contribution in [3.8, 4) is 17.4 Å². The molecule has 10 nitrogen and oxygen atoms in total. The van der Waals surface area contributed by atoms with Crippen LogP contribution in [0.3, 0.4) is 0 Å². The van der Waals surface area contributed by atoms with E-state index >= 15 is 0 Å². The predicted molar refractivity (Wildman–Crippen MR) is 161 cm³/mol. The summed E-state index contributed by atoms with van der Waals surface area (Å²) < 4.78 is 22.8. The highest BCUT2D eigenvalue weighted by Crippen LogP contribution is 2.37. The first-order chi connectivity index (χ1) is 20.2. The number of amides is 2. The summed E-state index contributed by atoms with van der Waals surface area (Å²) in [6.07, 6.45) is 2.01. The third-order valence-corrected chi connectivity index (χ3v) is 6.16. The number of aryl methyl sites for hydroxylation is 1. The molecule has 2 atom stereocenters. The quantitative estimate of drug-likeness (QED) is 0.285. The van der Waals surface area contributed by atoms with Crippen LogP contribution in [-0.2, 0) is 25.5 Å². The van der Waals surface area contributed by atoms with Crippen LogP contribution in [0.1, 0.15) is 71.6 Å². The van der Waals surface area contributed by atoms with Crippen molar-refractivity contribution in [1.29, 1.82) is 0 Å². The lowest BCUT2D eigenvalue weighted by Crippen LogP contribution is -2.47. The Labute approximate surface area is 252 Å². The Morgan fingerprint density at radius 3 is 2.33 bits per heavy atom. The van der Waals surface area contributed by atoms with E-state index in [0.717, 1.165) is 29.7 Å². The number of alkyl carbamates (subject to hydrolysis) is 1. The molecule has 1 aliphatic rings. The predicted octanol–water partition coefficient (Wildman–Crippen LogP) is 6.50. The molecule has 2 aromatic carbocycles.